The van der Waals surface area contributed by atoms with Gasteiger partial charge in [-0.1, -0.05) is 0 Å². The molecule has 0 amide bonds. The lowest BCUT2D eigenvalue weighted by molar-refractivity contribution is -0.384. The van der Waals surface area contributed by atoms with Crippen LogP contribution in [0.4, 0.5) is 5.69 Å². The molecule has 1 rings (SSSR count). The number of carbonyl (C=O) groups is 1. The van der Waals surface area contributed by atoms with Crippen LogP contribution in [0.25, 0.3) is 0 Å². The van der Waals surface area contributed by atoms with Crippen molar-refractivity contribution in [2.45, 2.75) is 12.5 Å². The fourth-order valence-corrected chi connectivity index (χ4v) is 1.26. The molecule has 1 aromatic carbocycles. The van der Waals surface area contributed by atoms with Gasteiger partial charge in [-0.05, 0) is 24.6 Å². The summed E-state index contributed by atoms with van der Waals surface area (Å²) >= 11 is 0. The molecule has 6 heteroatoms. The largest absolute Gasteiger partial charge is 0.467 e. The Labute approximate surface area is 92.2 Å². The number of carbonyl (C=O) groups excluding carboxylic acids is 1. The first kappa shape index (κ1) is 12.1. The average molecular weight is 224 g/mol. The van der Waals surface area contributed by atoms with Gasteiger partial charge in [-0.3, -0.25) is 10.1 Å². The van der Waals surface area contributed by atoms with E-state index in [4.69, 9.17) is 5.73 Å². The van der Waals surface area contributed by atoms with Gasteiger partial charge >= 0.3 is 5.97 Å². The first-order chi connectivity index (χ1) is 7.39. The van der Waals surface area contributed by atoms with Crippen molar-refractivity contribution in [2.24, 2.45) is 5.73 Å². The molecule has 0 saturated heterocycles. The molecule has 0 heterocycles. The summed E-state index contributed by atoms with van der Waals surface area (Å²) in [6.45, 7) is 1.49. The van der Waals surface area contributed by atoms with E-state index in [1.54, 1.807) is 0 Å². The van der Waals surface area contributed by atoms with E-state index < -0.39 is 16.4 Å². The molecule has 0 aromatic heterocycles. The molecule has 0 radical (unpaired) electrons. The van der Waals surface area contributed by atoms with Gasteiger partial charge in [-0.15, -0.1) is 0 Å². The van der Waals surface area contributed by atoms with Crippen molar-refractivity contribution in [3.05, 3.63) is 39.9 Å². The molecule has 0 aliphatic carbocycles. The van der Waals surface area contributed by atoms with Crippen LogP contribution < -0.4 is 5.73 Å². The minimum absolute atomic E-state index is 0.0515. The maximum absolute atomic E-state index is 11.4. The van der Waals surface area contributed by atoms with Gasteiger partial charge in [-0.2, -0.15) is 0 Å². The highest BCUT2D eigenvalue weighted by Crippen LogP contribution is 2.21. The van der Waals surface area contributed by atoms with Crippen LogP contribution in [-0.2, 0) is 15.1 Å². The summed E-state index contributed by atoms with van der Waals surface area (Å²) in [5, 5.41) is 10.4. The molecule has 2 N–H and O–H groups in total. The second kappa shape index (κ2) is 4.28. The molecule has 6 nitrogen and oxygen atoms in total. The van der Waals surface area contributed by atoms with Crippen molar-refractivity contribution in [3.63, 3.8) is 0 Å². The zero-order valence-corrected chi connectivity index (χ0v) is 8.97. The van der Waals surface area contributed by atoms with Crippen molar-refractivity contribution in [3.8, 4) is 0 Å². The van der Waals surface area contributed by atoms with Gasteiger partial charge in [0.15, 0.2) is 0 Å². The summed E-state index contributed by atoms with van der Waals surface area (Å²) in [7, 11) is 1.23. The number of nitro benzene ring substituents is 1. The maximum Gasteiger partial charge on any atom is 0.330 e. The molecule has 16 heavy (non-hydrogen) atoms. The lowest BCUT2D eigenvalue weighted by Crippen LogP contribution is -2.42. The first-order valence-corrected chi connectivity index (χ1v) is 4.52. The topological polar surface area (TPSA) is 95.5 Å². The molecule has 86 valence electrons. The third-order valence-electron chi connectivity index (χ3n) is 2.29. The standard InChI is InChI=1S/C10H12N2O4/c1-10(11,9(13)16-2)7-3-5-8(6-4-7)12(14)15/h3-6H,11H2,1-2H3. The summed E-state index contributed by atoms with van der Waals surface area (Å²) in [5.74, 6) is -0.596. The Kier molecular flexibility index (Phi) is 3.24. The van der Waals surface area contributed by atoms with E-state index in [9.17, 15) is 14.9 Å². The average Bonchev–Trinajstić information content (AvgIpc) is 2.28. The first-order valence-electron chi connectivity index (χ1n) is 4.52. The molecule has 0 aliphatic heterocycles. The van der Waals surface area contributed by atoms with Crippen molar-refractivity contribution >= 4 is 11.7 Å². The van der Waals surface area contributed by atoms with E-state index in [1.165, 1.54) is 38.3 Å². The summed E-state index contributed by atoms with van der Waals surface area (Å²) in [6, 6.07) is 5.47. The number of benzene rings is 1. The number of nitrogens with zero attached hydrogens (tertiary/aromatic N) is 1. The van der Waals surface area contributed by atoms with Crippen molar-refractivity contribution < 1.29 is 14.5 Å². The maximum atomic E-state index is 11.4. The van der Waals surface area contributed by atoms with E-state index in [1.807, 2.05) is 0 Å². The van der Waals surface area contributed by atoms with Crippen LogP contribution in [0.2, 0.25) is 0 Å². The number of hydrogen-bond acceptors (Lipinski definition) is 5. The molecule has 0 bridgehead atoms. The number of nitrogens with two attached hydrogens (primary N) is 1. The van der Waals surface area contributed by atoms with Gasteiger partial charge in [0.05, 0.1) is 12.0 Å². The Morgan fingerprint density at radius 2 is 1.94 bits per heavy atom. The summed E-state index contributed by atoms with van der Waals surface area (Å²) < 4.78 is 4.55. The van der Waals surface area contributed by atoms with Crippen LogP contribution in [0.3, 0.4) is 0 Å². The molecular weight excluding hydrogens is 212 g/mol. The molecule has 0 saturated carbocycles. The lowest BCUT2D eigenvalue weighted by atomic mass is 9.93. The van der Waals surface area contributed by atoms with Gasteiger partial charge in [0, 0.05) is 12.1 Å². The summed E-state index contributed by atoms with van der Waals surface area (Å²) in [6.07, 6.45) is 0. The van der Waals surface area contributed by atoms with Gasteiger partial charge < -0.3 is 10.5 Å². The van der Waals surface area contributed by atoms with Crippen LogP contribution in [-0.4, -0.2) is 18.0 Å². The highest BCUT2D eigenvalue weighted by atomic mass is 16.6. The molecule has 0 spiro atoms. The Morgan fingerprint density at radius 3 is 2.31 bits per heavy atom. The Morgan fingerprint density at radius 1 is 1.44 bits per heavy atom. The Balaban J connectivity index is 3.06. The normalized spacial score (nSPS) is 13.9. The Hall–Kier alpha value is -1.95. The van der Waals surface area contributed by atoms with Crippen LogP contribution in [0.5, 0.6) is 0 Å². The monoisotopic (exact) mass is 224 g/mol. The predicted octanol–water partition coefficient (Wildman–Crippen LogP) is 0.942. The van der Waals surface area contributed by atoms with Crippen molar-refractivity contribution in [2.75, 3.05) is 7.11 Å². The van der Waals surface area contributed by atoms with Gasteiger partial charge in [0.25, 0.3) is 5.69 Å². The number of rotatable bonds is 3. The number of non-ortho nitro benzene ring substituents is 1. The number of esters is 1. The van der Waals surface area contributed by atoms with Gasteiger partial charge in [-0.25, -0.2) is 4.79 Å². The van der Waals surface area contributed by atoms with Gasteiger partial charge in [0.2, 0.25) is 0 Å². The van der Waals surface area contributed by atoms with Crippen LogP contribution in [0.1, 0.15) is 12.5 Å². The van der Waals surface area contributed by atoms with Crippen LogP contribution >= 0.6 is 0 Å². The third-order valence-corrected chi connectivity index (χ3v) is 2.29. The number of nitro groups is 1. The van der Waals surface area contributed by atoms with E-state index in [-0.39, 0.29) is 5.69 Å². The third kappa shape index (κ3) is 2.17. The minimum atomic E-state index is -1.30. The SMILES string of the molecule is COC(=O)C(C)(N)c1ccc([N+](=O)[O-])cc1. The molecule has 1 atom stereocenters. The molecule has 1 aromatic rings. The summed E-state index contributed by atoms with van der Waals surface area (Å²) in [5.41, 5.74) is 4.88. The van der Waals surface area contributed by atoms with Crippen LogP contribution in [0.15, 0.2) is 24.3 Å². The Bertz CT molecular complexity index is 411. The molecule has 1 unspecified atom stereocenters. The minimum Gasteiger partial charge on any atom is -0.467 e. The van der Waals surface area contributed by atoms with Gasteiger partial charge in [0.1, 0.15) is 5.54 Å². The second-order valence-electron chi connectivity index (χ2n) is 3.50. The zero-order chi connectivity index (χ0) is 12.3. The van der Waals surface area contributed by atoms with E-state index in [2.05, 4.69) is 4.74 Å². The molecule has 0 aliphatic rings. The van der Waals surface area contributed by atoms with Crippen LogP contribution in [0, 0.1) is 10.1 Å². The number of ether oxygens (including phenoxy) is 1. The molecular formula is C10H12N2O4. The lowest BCUT2D eigenvalue weighted by Gasteiger charge is -2.21. The van der Waals surface area contributed by atoms with E-state index >= 15 is 0 Å². The fourth-order valence-electron chi connectivity index (χ4n) is 1.26. The number of hydrogen-bond donors (Lipinski definition) is 1. The van der Waals surface area contributed by atoms with Crippen molar-refractivity contribution in [1.82, 2.24) is 0 Å². The summed E-state index contributed by atoms with van der Waals surface area (Å²) in [4.78, 5) is 21.3. The number of methoxy groups -OCH3 is 1. The highest BCUT2D eigenvalue weighted by Gasteiger charge is 2.31. The van der Waals surface area contributed by atoms with Crippen molar-refractivity contribution in [1.29, 1.82) is 0 Å². The fraction of sp³-hybridized carbons (Fsp3) is 0.300. The van der Waals surface area contributed by atoms with E-state index in [0.717, 1.165) is 0 Å². The highest BCUT2D eigenvalue weighted by molar-refractivity contribution is 5.81. The molecule has 0 fully saturated rings. The second-order valence-corrected chi connectivity index (χ2v) is 3.50. The smallest absolute Gasteiger partial charge is 0.330 e. The predicted molar refractivity (Wildman–Crippen MR) is 56.7 cm³/mol. The van der Waals surface area contributed by atoms with E-state index in [0.29, 0.717) is 5.56 Å². The zero-order valence-electron chi connectivity index (χ0n) is 8.97. The quantitative estimate of drug-likeness (QED) is 0.468.